The highest BCUT2D eigenvalue weighted by Gasteiger charge is 2.21. The fraction of sp³-hybridized carbons (Fsp3) is 0.938. The molecule has 118 valence electrons. The molecule has 1 rings (SSSR count). The Hall–Kier alpha value is -0.770. The van der Waals surface area contributed by atoms with Crippen molar-refractivity contribution < 1.29 is 9.53 Å². The molecule has 0 saturated heterocycles. The molecule has 1 fully saturated rings. The molecular formula is C16H32N2O2. The van der Waals surface area contributed by atoms with Gasteiger partial charge in [-0.15, -0.1) is 0 Å². The monoisotopic (exact) mass is 284 g/mol. The summed E-state index contributed by atoms with van der Waals surface area (Å²) in [4.78, 5) is 11.7. The Kier molecular flexibility index (Phi) is 6.80. The van der Waals surface area contributed by atoms with Gasteiger partial charge in [-0.2, -0.15) is 0 Å². The Balaban J connectivity index is 2.29. The highest BCUT2D eigenvalue weighted by Crippen LogP contribution is 2.18. The molecule has 4 heteroatoms. The van der Waals surface area contributed by atoms with E-state index >= 15 is 0 Å². The maximum absolute atomic E-state index is 11.7. The number of carbonyl (C=O) groups is 1. The van der Waals surface area contributed by atoms with E-state index in [4.69, 9.17) is 4.74 Å². The van der Waals surface area contributed by atoms with Crippen LogP contribution in [0.1, 0.15) is 60.3 Å². The van der Waals surface area contributed by atoms with Crippen molar-refractivity contribution in [1.82, 2.24) is 10.6 Å². The van der Waals surface area contributed by atoms with Crippen LogP contribution in [0.3, 0.4) is 0 Å². The van der Waals surface area contributed by atoms with Gasteiger partial charge in [0.25, 0.3) is 0 Å². The summed E-state index contributed by atoms with van der Waals surface area (Å²) < 4.78 is 5.28. The van der Waals surface area contributed by atoms with Crippen molar-refractivity contribution in [3.8, 4) is 0 Å². The molecule has 1 atom stereocenters. The van der Waals surface area contributed by atoms with E-state index in [9.17, 15) is 4.79 Å². The molecule has 0 aromatic rings. The molecule has 1 saturated carbocycles. The van der Waals surface area contributed by atoms with Crippen molar-refractivity contribution in [2.24, 2.45) is 11.8 Å². The molecule has 0 aromatic carbocycles. The van der Waals surface area contributed by atoms with E-state index in [1.165, 1.54) is 25.7 Å². The Bertz CT molecular complexity index is 291. The van der Waals surface area contributed by atoms with E-state index in [0.717, 1.165) is 6.54 Å². The fourth-order valence-electron chi connectivity index (χ4n) is 2.52. The maximum atomic E-state index is 11.7. The number of nitrogens with one attached hydrogen (secondary N) is 2. The van der Waals surface area contributed by atoms with E-state index < -0.39 is 5.60 Å². The number of rotatable bonds is 6. The zero-order chi connectivity index (χ0) is 15.2. The second-order valence-corrected chi connectivity index (χ2v) is 7.28. The van der Waals surface area contributed by atoms with Gasteiger partial charge < -0.3 is 15.4 Å². The van der Waals surface area contributed by atoms with E-state index in [2.05, 4.69) is 24.5 Å². The molecule has 2 N–H and O–H groups in total. The number of alkyl carbamates (subject to hydrolysis) is 1. The molecule has 4 nitrogen and oxygen atoms in total. The van der Waals surface area contributed by atoms with Crippen LogP contribution in [0.2, 0.25) is 0 Å². The molecular weight excluding hydrogens is 252 g/mol. The predicted octanol–water partition coefficient (Wildman–Crippen LogP) is 3.32. The van der Waals surface area contributed by atoms with E-state index in [1.807, 2.05) is 20.8 Å². The molecule has 1 aliphatic rings. The van der Waals surface area contributed by atoms with Crippen molar-refractivity contribution in [2.45, 2.75) is 71.9 Å². The Labute approximate surface area is 124 Å². The van der Waals surface area contributed by atoms with Crippen LogP contribution in [-0.4, -0.2) is 30.8 Å². The van der Waals surface area contributed by atoms with Crippen molar-refractivity contribution in [1.29, 1.82) is 0 Å². The zero-order valence-electron chi connectivity index (χ0n) is 13.8. The van der Waals surface area contributed by atoms with Crippen LogP contribution in [0.4, 0.5) is 4.79 Å². The van der Waals surface area contributed by atoms with Crippen molar-refractivity contribution >= 4 is 6.09 Å². The third-order valence-corrected chi connectivity index (χ3v) is 3.87. The molecule has 1 aliphatic carbocycles. The van der Waals surface area contributed by atoms with Gasteiger partial charge in [0.05, 0.1) is 0 Å². The Morgan fingerprint density at radius 3 is 2.30 bits per heavy atom. The van der Waals surface area contributed by atoms with Crippen LogP contribution < -0.4 is 10.6 Å². The highest BCUT2D eigenvalue weighted by molar-refractivity contribution is 5.67. The summed E-state index contributed by atoms with van der Waals surface area (Å²) in [6, 6.07) is 0.678. The van der Waals surface area contributed by atoms with Gasteiger partial charge in [-0.25, -0.2) is 4.79 Å². The van der Waals surface area contributed by atoms with Crippen molar-refractivity contribution in [3.63, 3.8) is 0 Å². The lowest BCUT2D eigenvalue weighted by Crippen LogP contribution is -2.41. The lowest BCUT2D eigenvalue weighted by Gasteiger charge is -2.25. The second-order valence-electron chi connectivity index (χ2n) is 7.28. The molecule has 20 heavy (non-hydrogen) atoms. The second kappa shape index (κ2) is 7.87. The van der Waals surface area contributed by atoms with E-state index in [0.29, 0.717) is 24.4 Å². The van der Waals surface area contributed by atoms with Crippen LogP contribution in [0, 0.1) is 11.8 Å². The molecule has 1 amide bonds. The fourth-order valence-corrected chi connectivity index (χ4v) is 2.52. The van der Waals surface area contributed by atoms with Crippen molar-refractivity contribution in [2.75, 3.05) is 13.1 Å². The molecule has 0 bridgehead atoms. The van der Waals surface area contributed by atoms with Gasteiger partial charge in [0.1, 0.15) is 5.60 Å². The molecule has 0 aliphatic heterocycles. The SMILES string of the molecule is CC(C)C(CNC(=O)OC(C)(C)C)CNC1CCCC1. The molecule has 0 heterocycles. The van der Waals surface area contributed by atoms with Crippen LogP contribution in [0.25, 0.3) is 0 Å². The van der Waals surface area contributed by atoms with Gasteiger partial charge in [0.2, 0.25) is 0 Å². The van der Waals surface area contributed by atoms with Gasteiger partial charge in [0, 0.05) is 19.1 Å². The highest BCUT2D eigenvalue weighted by atomic mass is 16.6. The largest absolute Gasteiger partial charge is 0.444 e. The summed E-state index contributed by atoms with van der Waals surface area (Å²) in [5.41, 5.74) is -0.431. The summed E-state index contributed by atoms with van der Waals surface area (Å²) in [6.45, 7) is 11.7. The molecule has 0 radical (unpaired) electrons. The Morgan fingerprint density at radius 1 is 1.20 bits per heavy atom. The summed E-state index contributed by atoms with van der Waals surface area (Å²) in [5.74, 6) is 0.988. The van der Waals surface area contributed by atoms with Gasteiger partial charge in [0.15, 0.2) is 0 Å². The summed E-state index contributed by atoms with van der Waals surface area (Å²) in [6.07, 6.45) is 4.97. The average Bonchev–Trinajstić information content (AvgIpc) is 2.78. The van der Waals surface area contributed by atoms with Gasteiger partial charge in [-0.1, -0.05) is 26.7 Å². The maximum Gasteiger partial charge on any atom is 0.407 e. The smallest absolute Gasteiger partial charge is 0.407 e. The predicted molar refractivity (Wildman–Crippen MR) is 82.8 cm³/mol. The lowest BCUT2D eigenvalue weighted by molar-refractivity contribution is 0.0514. The van der Waals surface area contributed by atoms with Gasteiger partial charge in [-0.3, -0.25) is 0 Å². The number of carbonyl (C=O) groups excluding carboxylic acids is 1. The summed E-state index contributed by atoms with van der Waals surface area (Å²) in [7, 11) is 0. The Morgan fingerprint density at radius 2 is 1.80 bits per heavy atom. The average molecular weight is 284 g/mol. The minimum absolute atomic E-state index is 0.316. The van der Waals surface area contributed by atoms with E-state index in [1.54, 1.807) is 0 Å². The standard InChI is InChI=1S/C16H32N2O2/c1-12(2)13(10-17-14-8-6-7-9-14)11-18-15(19)20-16(3,4)5/h12-14,17H,6-11H2,1-5H3,(H,18,19). The normalized spacial score (nSPS) is 18.3. The lowest BCUT2D eigenvalue weighted by atomic mass is 9.95. The quantitative estimate of drug-likeness (QED) is 0.786. The first kappa shape index (κ1) is 17.3. The minimum Gasteiger partial charge on any atom is -0.444 e. The topological polar surface area (TPSA) is 50.4 Å². The van der Waals surface area contributed by atoms with Crippen molar-refractivity contribution in [3.05, 3.63) is 0 Å². The first-order valence-electron chi connectivity index (χ1n) is 7.98. The summed E-state index contributed by atoms with van der Waals surface area (Å²) >= 11 is 0. The summed E-state index contributed by atoms with van der Waals surface area (Å²) in [5, 5.41) is 6.54. The van der Waals surface area contributed by atoms with Crippen LogP contribution in [0.5, 0.6) is 0 Å². The third-order valence-electron chi connectivity index (χ3n) is 3.87. The number of hydrogen-bond acceptors (Lipinski definition) is 3. The first-order valence-corrected chi connectivity index (χ1v) is 7.98. The number of ether oxygens (including phenoxy) is 1. The van der Waals surface area contributed by atoms with Gasteiger partial charge >= 0.3 is 6.09 Å². The van der Waals surface area contributed by atoms with Crippen LogP contribution >= 0.6 is 0 Å². The zero-order valence-corrected chi connectivity index (χ0v) is 13.8. The van der Waals surface area contributed by atoms with Gasteiger partial charge in [-0.05, 0) is 45.4 Å². The number of hydrogen-bond donors (Lipinski definition) is 2. The van der Waals surface area contributed by atoms with Crippen LogP contribution in [-0.2, 0) is 4.74 Å². The first-order chi connectivity index (χ1) is 9.28. The molecule has 0 spiro atoms. The molecule has 1 unspecified atom stereocenters. The molecule has 0 aromatic heterocycles. The minimum atomic E-state index is -0.431. The number of amides is 1. The third kappa shape index (κ3) is 7.13. The van der Waals surface area contributed by atoms with Crippen LogP contribution in [0.15, 0.2) is 0 Å². The van der Waals surface area contributed by atoms with E-state index in [-0.39, 0.29) is 6.09 Å².